The maximum atomic E-state index is 10.9. The van der Waals surface area contributed by atoms with Crippen molar-refractivity contribution in [3.8, 4) is 0 Å². The first-order chi connectivity index (χ1) is 7.76. The predicted molar refractivity (Wildman–Crippen MR) is 61.0 cm³/mol. The molecule has 14 heteroatoms. The van der Waals surface area contributed by atoms with Crippen LogP contribution in [-0.2, 0) is 30.4 Å². The largest absolute Gasteiger partial charge is 0.305 e. The average molecular weight is 356 g/mol. The van der Waals surface area contributed by atoms with Crippen molar-refractivity contribution >= 4 is 54.3 Å². The van der Waals surface area contributed by atoms with E-state index in [-0.39, 0.29) is 11.3 Å². The van der Waals surface area contributed by atoms with Gasteiger partial charge < -0.3 is 0 Å². The van der Waals surface area contributed by atoms with Gasteiger partial charge >= 0.3 is 20.2 Å². The Labute approximate surface area is 111 Å². The van der Waals surface area contributed by atoms with Crippen molar-refractivity contribution in [1.82, 2.24) is 0 Å². The van der Waals surface area contributed by atoms with E-state index in [0.29, 0.717) is 0 Å². The van der Waals surface area contributed by atoms with Crippen LogP contribution in [0, 0.1) is 0 Å². The Morgan fingerprint density at radius 3 is 1.39 bits per heavy atom. The summed E-state index contributed by atoms with van der Waals surface area (Å²) in [6, 6.07) is 0. The van der Waals surface area contributed by atoms with Gasteiger partial charge in [0.1, 0.15) is 4.90 Å². The van der Waals surface area contributed by atoms with E-state index in [1.807, 2.05) is 0 Å². The molecule has 0 radical (unpaired) electrons. The molecule has 0 saturated heterocycles. The van der Waals surface area contributed by atoms with Crippen LogP contribution in [0.4, 0.5) is 0 Å². The van der Waals surface area contributed by atoms with Gasteiger partial charge in [-0.3, -0.25) is 13.7 Å². The SMILES string of the molecule is O=S(=O)(O)c1sc(S(=O)(=O)O)c(S(=O)(=O)O)c1S. The quantitative estimate of drug-likeness (QED) is 0.423. The summed E-state index contributed by atoms with van der Waals surface area (Å²) >= 11 is 3.14. The number of hydrogen-bond donors (Lipinski definition) is 4. The van der Waals surface area contributed by atoms with Gasteiger partial charge in [-0.15, -0.1) is 24.0 Å². The number of thiol groups is 1. The Morgan fingerprint density at radius 2 is 1.17 bits per heavy atom. The summed E-state index contributed by atoms with van der Waals surface area (Å²) in [4.78, 5) is -2.41. The van der Waals surface area contributed by atoms with E-state index < -0.39 is 48.6 Å². The van der Waals surface area contributed by atoms with Gasteiger partial charge in [0.15, 0.2) is 8.42 Å². The first-order valence-electron chi connectivity index (χ1n) is 3.54. The van der Waals surface area contributed by atoms with Gasteiger partial charge in [0.25, 0.3) is 10.1 Å². The molecule has 1 aromatic heterocycles. The highest BCUT2D eigenvalue weighted by Crippen LogP contribution is 2.40. The zero-order valence-electron chi connectivity index (χ0n) is 7.87. The molecule has 0 saturated carbocycles. The normalized spacial score (nSPS) is 13.8. The van der Waals surface area contributed by atoms with E-state index in [2.05, 4.69) is 12.6 Å². The van der Waals surface area contributed by atoms with E-state index in [0.717, 1.165) is 0 Å². The highest BCUT2D eigenvalue weighted by molar-refractivity contribution is 7.93. The van der Waals surface area contributed by atoms with Crippen molar-refractivity contribution in [3.05, 3.63) is 0 Å². The molecule has 104 valence electrons. The van der Waals surface area contributed by atoms with Gasteiger partial charge in [0.2, 0.25) is 0 Å². The summed E-state index contributed by atoms with van der Waals surface area (Å²) in [5, 5.41) is 0. The van der Waals surface area contributed by atoms with Gasteiger partial charge in [0.05, 0.1) is 4.90 Å². The molecule has 0 spiro atoms. The lowest BCUT2D eigenvalue weighted by Gasteiger charge is -1.98. The van der Waals surface area contributed by atoms with Crippen molar-refractivity contribution in [2.75, 3.05) is 0 Å². The smallest absolute Gasteiger partial charge is 0.282 e. The maximum absolute atomic E-state index is 10.9. The van der Waals surface area contributed by atoms with Crippen LogP contribution in [0.25, 0.3) is 0 Å². The number of thiophene rings is 1. The Bertz CT molecular complexity index is 791. The van der Waals surface area contributed by atoms with E-state index >= 15 is 0 Å². The molecule has 0 aromatic carbocycles. The summed E-state index contributed by atoms with van der Waals surface area (Å²) in [5.74, 6) is 0. The number of rotatable bonds is 3. The van der Waals surface area contributed by atoms with Crippen molar-refractivity contribution in [2.24, 2.45) is 0 Å². The van der Waals surface area contributed by atoms with Crippen LogP contribution in [0.5, 0.6) is 0 Å². The second kappa shape index (κ2) is 4.41. The van der Waals surface area contributed by atoms with Gasteiger partial charge in [-0.05, 0) is 0 Å². The van der Waals surface area contributed by atoms with Crippen molar-refractivity contribution in [2.45, 2.75) is 18.2 Å². The topological polar surface area (TPSA) is 163 Å². The lowest BCUT2D eigenvalue weighted by atomic mass is 10.6. The van der Waals surface area contributed by atoms with Crippen LogP contribution < -0.4 is 0 Å². The molecule has 1 rings (SSSR count). The van der Waals surface area contributed by atoms with E-state index in [4.69, 9.17) is 13.7 Å². The molecule has 9 nitrogen and oxygen atoms in total. The monoisotopic (exact) mass is 356 g/mol. The van der Waals surface area contributed by atoms with Crippen molar-refractivity contribution in [3.63, 3.8) is 0 Å². The second-order valence-electron chi connectivity index (χ2n) is 2.78. The van der Waals surface area contributed by atoms with E-state index in [1.165, 1.54) is 0 Å². The minimum atomic E-state index is -5.17. The zero-order chi connectivity index (χ0) is 14.5. The summed E-state index contributed by atoms with van der Waals surface area (Å²) in [7, 11) is -15.3. The fourth-order valence-corrected chi connectivity index (χ4v) is 6.54. The molecule has 0 aliphatic carbocycles. The summed E-state index contributed by atoms with van der Waals surface area (Å²) in [6.45, 7) is 0. The minimum Gasteiger partial charge on any atom is -0.282 e. The predicted octanol–water partition coefficient (Wildman–Crippen LogP) is -0.223. The van der Waals surface area contributed by atoms with Gasteiger partial charge in [-0.25, -0.2) is 0 Å². The van der Waals surface area contributed by atoms with Crippen LogP contribution in [0.2, 0.25) is 0 Å². The van der Waals surface area contributed by atoms with Crippen molar-refractivity contribution < 1.29 is 38.9 Å². The summed E-state index contributed by atoms with van der Waals surface area (Å²) < 4.78 is 89.0. The third-order valence-electron chi connectivity index (χ3n) is 1.51. The average Bonchev–Trinajstić information content (AvgIpc) is 2.39. The molecule has 18 heavy (non-hydrogen) atoms. The van der Waals surface area contributed by atoms with Crippen LogP contribution in [0.1, 0.15) is 0 Å². The summed E-state index contributed by atoms with van der Waals surface area (Å²) in [6.07, 6.45) is 0. The Balaban J connectivity index is 3.99. The fraction of sp³-hybridized carbons (Fsp3) is 0. The second-order valence-corrected chi connectivity index (χ2v) is 8.84. The Hall–Kier alpha value is -0.220. The third-order valence-corrected chi connectivity index (χ3v) is 7.48. The molecule has 0 atom stereocenters. The van der Waals surface area contributed by atoms with Gasteiger partial charge in [-0.2, -0.15) is 25.3 Å². The lowest BCUT2D eigenvalue weighted by molar-refractivity contribution is 0.466. The standard InChI is InChI=1S/C4H4O9S5/c5-16(6,7)2-1(14)3(17(8,9)10)15-4(2)18(11,12)13/h14H,(H,5,6,7)(H,8,9,10)(H,11,12,13). The number of hydrogen-bond acceptors (Lipinski definition) is 8. The lowest BCUT2D eigenvalue weighted by Crippen LogP contribution is -2.05. The van der Waals surface area contributed by atoms with E-state index in [9.17, 15) is 25.3 Å². The first kappa shape index (κ1) is 15.8. The highest BCUT2D eigenvalue weighted by atomic mass is 32.3. The van der Waals surface area contributed by atoms with Crippen LogP contribution >= 0.6 is 24.0 Å². The molecule has 0 unspecified atom stereocenters. The Morgan fingerprint density at radius 1 is 0.778 bits per heavy atom. The van der Waals surface area contributed by atoms with Gasteiger partial charge in [0, 0.05) is 0 Å². The molecular weight excluding hydrogens is 352 g/mol. The third kappa shape index (κ3) is 3.02. The molecule has 0 aliphatic rings. The van der Waals surface area contributed by atoms with E-state index in [1.54, 1.807) is 0 Å². The first-order valence-corrected chi connectivity index (χ1v) is 9.13. The summed E-state index contributed by atoms with van der Waals surface area (Å²) in [5.41, 5.74) is 0. The Kier molecular flexibility index (Phi) is 3.88. The van der Waals surface area contributed by atoms with Crippen LogP contribution in [-0.4, -0.2) is 38.9 Å². The molecule has 3 N–H and O–H groups in total. The highest BCUT2D eigenvalue weighted by Gasteiger charge is 2.35. The minimum absolute atomic E-state index is 0.265. The fourth-order valence-electron chi connectivity index (χ4n) is 0.940. The molecule has 1 heterocycles. The maximum Gasteiger partial charge on any atom is 0.305 e. The molecular formula is C4H4O9S5. The van der Waals surface area contributed by atoms with Crippen LogP contribution in [0.3, 0.4) is 0 Å². The molecule has 0 bridgehead atoms. The zero-order valence-corrected chi connectivity index (χ0v) is 12.0. The van der Waals surface area contributed by atoms with Crippen molar-refractivity contribution in [1.29, 1.82) is 0 Å². The molecule has 0 aliphatic heterocycles. The molecule has 0 amide bonds. The molecule has 1 aromatic rings. The van der Waals surface area contributed by atoms with Crippen LogP contribution in [0.15, 0.2) is 18.2 Å². The molecule has 0 fully saturated rings. The van der Waals surface area contributed by atoms with Gasteiger partial charge in [-0.1, -0.05) is 0 Å².